The van der Waals surface area contributed by atoms with Crippen molar-refractivity contribution in [2.45, 2.75) is 19.0 Å². The SMILES string of the molecule is O=C(O)c1ccc(NC2CC(=O)N(Cc3ccc(Cl)cc3)C2=O)cc1. The van der Waals surface area contributed by atoms with E-state index in [0.717, 1.165) is 5.56 Å². The molecule has 7 heteroatoms. The Labute approximate surface area is 149 Å². The van der Waals surface area contributed by atoms with Crippen molar-refractivity contribution in [1.82, 2.24) is 4.90 Å². The second kappa shape index (κ2) is 6.94. The highest BCUT2D eigenvalue weighted by molar-refractivity contribution is 6.30. The van der Waals surface area contributed by atoms with E-state index in [1.54, 1.807) is 36.4 Å². The highest BCUT2D eigenvalue weighted by atomic mass is 35.5. The van der Waals surface area contributed by atoms with Crippen LogP contribution in [0.25, 0.3) is 0 Å². The third kappa shape index (κ3) is 3.80. The fraction of sp³-hybridized carbons (Fsp3) is 0.167. The zero-order chi connectivity index (χ0) is 18.0. The summed E-state index contributed by atoms with van der Waals surface area (Å²) in [6, 6.07) is 12.3. The van der Waals surface area contributed by atoms with Crippen molar-refractivity contribution in [2.75, 3.05) is 5.32 Å². The first-order chi connectivity index (χ1) is 11.9. The Morgan fingerprint density at radius 2 is 1.76 bits per heavy atom. The van der Waals surface area contributed by atoms with Gasteiger partial charge in [-0.3, -0.25) is 14.5 Å². The summed E-state index contributed by atoms with van der Waals surface area (Å²) >= 11 is 5.84. The number of anilines is 1. The van der Waals surface area contributed by atoms with Crippen LogP contribution in [0.1, 0.15) is 22.3 Å². The van der Waals surface area contributed by atoms with E-state index in [9.17, 15) is 14.4 Å². The Hall–Kier alpha value is -2.86. The predicted molar refractivity (Wildman–Crippen MR) is 92.4 cm³/mol. The number of halogens is 1. The van der Waals surface area contributed by atoms with Gasteiger partial charge in [0.25, 0.3) is 5.91 Å². The Balaban J connectivity index is 1.68. The number of hydrogen-bond acceptors (Lipinski definition) is 4. The standard InChI is InChI=1S/C18H15ClN2O4/c19-13-5-1-11(2-6-13)10-21-16(22)9-15(17(21)23)20-14-7-3-12(4-8-14)18(24)25/h1-8,15,20H,9-10H2,(H,24,25). The molecule has 0 bridgehead atoms. The molecule has 1 fully saturated rings. The van der Waals surface area contributed by atoms with Gasteiger partial charge in [-0.05, 0) is 42.0 Å². The normalized spacial score (nSPS) is 17.0. The number of benzene rings is 2. The number of rotatable bonds is 5. The minimum atomic E-state index is -1.02. The first-order valence-electron chi connectivity index (χ1n) is 7.62. The van der Waals surface area contributed by atoms with Crippen molar-refractivity contribution >= 4 is 35.1 Å². The van der Waals surface area contributed by atoms with E-state index < -0.39 is 12.0 Å². The van der Waals surface area contributed by atoms with Gasteiger partial charge in [0.05, 0.1) is 18.5 Å². The Kier molecular flexibility index (Phi) is 4.72. The van der Waals surface area contributed by atoms with Gasteiger partial charge in [0, 0.05) is 10.7 Å². The minimum Gasteiger partial charge on any atom is -0.478 e. The number of carbonyl (C=O) groups is 3. The number of likely N-dealkylation sites (tertiary alicyclic amines) is 1. The number of imide groups is 1. The average molecular weight is 359 g/mol. The largest absolute Gasteiger partial charge is 0.478 e. The Morgan fingerprint density at radius 1 is 1.12 bits per heavy atom. The minimum absolute atomic E-state index is 0.0626. The molecule has 0 aliphatic carbocycles. The lowest BCUT2D eigenvalue weighted by atomic mass is 10.2. The first kappa shape index (κ1) is 17.0. The quantitative estimate of drug-likeness (QED) is 0.802. The van der Waals surface area contributed by atoms with Crippen molar-refractivity contribution < 1.29 is 19.5 Å². The molecule has 25 heavy (non-hydrogen) atoms. The van der Waals surface area contributed by atoms with E-state index in [4.69, 9.17) is 16.7 Å². The van der Waals surface area contributed by atoms with Crippen LogP contribution in [0.2, 0.25) is 5.02 Å². The molecule has 2 N–H and O–H groups in total. The lowest BCUT2D eigenvalue weighted by Crippen LogP contribution is -2.34. The van der Waals surface area contributed by atoms with Crippen LogP contribution in [0, 0.1) is 0 Å². The summed E-state index contributed by atoms with van der Waals surface area (Å²) in [7, 11) is 0. The topological polar surface area (TPSA) is 86.7 Å². The van der Waals surface area contributed by atoms with Gasteiger partial charge in [-0.25, -0.2) is 4.79 Å². The zero-order valence-electron chi connectivity index (χ0n) is 13.1. The van der Waals surface area contributed by atoms with E-state index in [1.165, 1.54) is 17.0 Å². The summed E-state index contributed by atoms with van der Waals surface area (Å²) in [5.74, 6) is -1.57. The van der Waals surface area contributed by atoms with Crippen LogP contribution in [0.3, 0.4) is 0 Å². The Morgan fingerprint density at radius 3 is 2.36 bits per heavy atom. The monoisotopic (exact) mass is 358 g/mol. The maximum atomic E-state index is 12.5. The van der Waals surface area contributed by atoms with E-state index in [2.05, 4.69) is 5.32 Å². The number of nitrogens with zero attached hydrogens (tertiary/aromatic N) is 1. The fourth-order valence-corrected chi connectivity index (χ4v) is 2.77. The van der Waals surface area contributed by atoms with E-state index >= 15 is 0 Å². The van der Waals surface area contributed by atoms with Crippen LogP contribution in [0.5, 0.6) is 0 Å². The number of carboxylic acid groups (broad SMARTS) is 1. The zero-order valence-corrected chi connectivity index (χ0v) is 13.9. The molecular weight excluding hydrogens is 344 g/mol. The van der Waals surface area contributed by atoms with Crippen LogP contribution in [0.15, 0.2) is 48.5 Å². The van der Waals surface area contributed by atoms with Crippen molar-refractivity contribution in [3.05, 3.63) is 64.7 Å². The molecular formula is C18H15ClN2O4. The van der Waals surface area contributed by atoms with E-state index in [0.29, 0.717) is 10.7 Å². The van der Waals surface area contributed by atoms with Gasteiger partial charge in [-0.2, -0.15) is 0 Å². The number of amides is 2. The van der Waals surface area contributed by atoms with Gasteiger partial charge >= 0.3 is 5.97 Å². The van der Waals surface area contributed by atoms with Crippen molar-refractivity contribution in [1.29, 1.82) is 0 Å². The van der Waals surface area contributed by atoms with Crippen LogP contribution in [-0.4, -0.2) is 33.8 Å². The molecule has 1 heterocycles. The van der Waals surface area contributed by atoms with Crippen LogP contribution >= 0.6 is 11.6 Å². The van der Waals surface area contributed by atoms with Gasteiger partial charge < -0.3 is 10.4 Å². The lowest BCUT2D eigenvalue weighted by Gasteiger charge is -2.16. The fourth-order valence-electron chi connectivity index (χ4n) is 2.64. The molecule has 0 aromatic heterocycles. The van der Waals surface area contributed by atoms with E-state index in [1.807, 2.05) is 0 Å². The molecule has 3 rings (SSSR count). The molecule has 0 radical (unpaired) electrons. The van der Waals surface area contributed by atoms with Crippen LogP contribution in [-0.2, 0) is 16.1 Å². The molecule has 1 saturated heterocycles. The highest BCUT2D eigenvalue weighted by Gasteiger charge is 2.38. The van der Waals surface area contributed by atoms with Crippen LogP contribution in [0.4, 0.5) is 5.69 Å². The number of carboxylic acids is 1. The molecule has 1 aliphatic rings. The van der Waals surface area contributed by atoms with Crippen LogP contribution < -0.4 is 5.32 Å². The third-order valence-corrected chi connectivity index (χ3v) is 4.22. The van der Waals surface area contributed by atoms with Gasteiger partial charge in [0.1, 0.15) is 6.04 Å². The van der Waals surface area contributed by atoms with Gasteiger partial charge in [-0.15, -0.1) is 0 Å². The summed E-state index contributed by atoms with van der Waals surface area (Å²) < 4.78 is 0. The molecule has 2 aromatic carbocycles. The number of hydrogen-bond donors (Lipinski definition) is 2. The lowest BCUT2D eigenvalue weighted by molar-refractivity contribution is -0.139. The van der Waals surface area contributed by atoms with Gasteiger partial charge in [0.2, 0.25) is 5.91 Å². The molecule has 2 amide bonds. The molecule has 6 nitrogen and oxygen atoms in total. The molecule has 1 aliphatic heterocycles. The van der Waals surface area contributed by atoms with E-state index in [-0.39, 0.29) is 30.3 Å². The number of carbonyl (C=O) groups excluding carboxylic acids is 2. The van der Waals surface area contributed by atoms with Crippen molar-refractivity contribution in [3.63, 3.8) is 0 Å². The van der Waals surface area contributed by atoms with Gasteiger partial charge in [-0.1, -0.05) is 23.7 Å². The molecule has 128 valence electrons. The van der Waals surface area contributed by atoms with Crippen molar-refractivity contribution in [3.8, 4) is 0 Å². The maximum absolute atomic E-state index is 12.5. The maximum Gasteiger partial charge on any atom is 0.335 e. The molecule has 2 aromatic rings. The summed E-state index contributed by atoms with van der Waals surface area (Å²) in [5.41, 5.74) is 1.56. The predicted octanol–water partition coefficient (Wildman–Crippen LogP) is 2.78. The second-order valence-electron chi connectivity index (χ2n) is 5.73. The summed E-state index contributed by atoms with van der Waals surface area (Å²) in [6.45, 7) is 0.199. The Bertz CT molecular complexity index is 818. The first-order valence-corrected chi connectivity index (χ1v) is 8.00. The summed E-state index contributed by atoms with van der Waals surface area (Å²) in [4.78, 5) is 36.7. The highest BCUT2D eigenvalue weighted by Crippen LogP contribution is 2.21. The second-order valence-corrected chi connectivity index (χ2v) is 6.16. The average Bonchev–Trinajstić information content (AvgIpc) is 2.85. The smallest absolute Gasteiger partial charge is 0.335 e. The molecule has 0 saturated carbocycles. The molecule has 1 unspecified atom stereocenters. The van der Waals surface area contributed by atoms with Crippen molar-refractivity contribution in [2.24, 2.45) is 0 Å². The molecule has 1 atom stereocenters. The summed E-state index contributed by atoms with van der Waals surface area (Å²) in [6.07, 6.45) is 0.0626. The molecule has 0 spiro atoms. The van der Waals surface area contributed by atoms with Gasteiger partial charge in [0.15, 0.2) is 0 Å². The number of nitrogens with one attached hydrogen (secondary N) is 1. The summed E-state index contributed by atoms with van der Waals surface area (Å²) in [5, 5.41) is 12.5. The number of aromatic carboxylic acids is 1. The third-order valence-electron chi connectivity index (χ3n) is 3.97.